The molecule has 0 aromatic carbocycles. The number of nitrogens with one attached hydrogen (secondary N) is 2. The molecule has 0 atom stereocenters. The molecule has 2 fully saturated rings. The van der Waals surface area contributed by atoms with Crippen LogP contribution in [0.2, 0.25) is 0 Å². The summed E-state index contributed by atoms with van der Waals surface area (Å²) >= 11 is 1.84. The van der Waals surface area contributed by atoms with Gasteiger partial charge in [0.25, 0.3) is 5.56 Å². The summed E-state index contributed by atoms with van der Waals surface area (Å²) in [6, 6.07) is 2.17. The maximum absolute atomic E-state index is 11.7. The van der Waals surface area contributed by atoms with Crippen LogP contribution in [-0.2, 0) is 4.74 Å². The summed E-state index contributed by atoms with van der Waals surface area (Å²) in [6.45, 7) is 4.64. The number of hydrogen-bond acceptors (Lipinski definition) is 8. The first-order valence-corrected chi connectivity index (χ1v) is 11.7. The molecule has 2 aromatic heterocycles. The second kappa shape index (κ2) is 11.6. The lowest BCUT2D eigenvalue weighted by molar-refractivity contribution is 0.183. The van der Waals surface area contributed by atoms with Gasteiger partial charge in [-0.25, -0.2) is 4.98 Å². The smallest absolute Gasteiger partial charge is 0.252 e. The van der Waals surface area contributed by atoms with Gasteiger partial charge in [0.2, 0.25) is 5.95 Å². The topological polar surface area (TPSA) is 103 Å². The van der Waals surface area contributed by atoms with Crippen LogP contribution in [0.4, 0.5) is 5.95 Å². The highest BCUT2D eigenvalue weighted by Crippen LogP contribution is 2.21. The predicted molar refractivity (Wildman–Crippen MR) is 122 cm³/mol. The van der Waals surface area contributed by atoms with Crippen molar-refractivity contribution in [3.05, 3.63) is 28.2 Å². The van der Waals surface area contributed by atoms with Gasteiger partial charge in [-0.05, 0) is 38.7 Å². The molecule has 1 aliphatic carbocycles. The summed E-state index contributed by atoms with van der Waals surface area (Å²) in [5, 5.41) is 13.0. The minimum atomic E-state index is -0.103. The highest BCUT2D eigenvalue weighted by molar-refractivity contribution is 7.97. The van der Waals surface area contributed by atoms with Crippen molar-refractivity contribution in [2.24, 2.45) is 0 Å². The van der Waals surface area contributed by atoms with Crippen molar-refractivity contribution >= 4 is 28.9 Å². The average Bonchev–Trinajstić information content (AvgIpc) is 3.22. The van der Waals surface area contributed by atoms with E-state index in [4.69, 9.17) is 9.84 Å². The fraction of sp³-hybridized carbons (Fsp3) is 0.667. The van der Waals surface area contributed by atoms with E-state index in [0.29, 0.717) is 23.2 Å². The first-order valence-electron chi connectivity index (χ1n) is 10.7. The fourth-order valence-corrected chi connectivity index (χ4v) is 4.61. The molecule has 30 heavy (non-hydrogen) atoms. The van der Waals surface area contributed by atoms with E-state index in [1.54, 1.807) is 20.2 Å². The molecule has 1 saturated carbocycles. The van der Waals surface area contributed by atoms with Crippen LogP contribution < -0.4 is 10.9 Å². The zero-order chi connectivity index (χ0) is 21.3. The van der Waals surface area contributed by atoms with Crippen LogP contribution in [0.3, 0.4) is 0 Å². The van der Waals surface area contributed by atoms with Gasteiger partial charge in [-0.2, -0.15) is 4.98 Å². The number of H-pyrrole nitrogens is 1. The minimum absolute atomic E-state index is 0.0463. The molecule has 2 aliphatic rings. The Morgan fingerprint density at radius 3 is 2.67 bits per heavy atom. The zero-order valence-corrected chi connectivity index (χ0v) is 18.7. The Morgan fingerprint density at radius 2 is 2.03 bits per heavy atom. The second-order valence-electron chi connectivity index (χ2n) is 7.89. The lowest BCUT2D eigenvalue weighted by atomic mass is 10.1. The van der Waals surface area contributed by atoms with Gasteiger partial charge in [-0.15, -0.1) is 0 Å². The van der Waals surface area contributed by atoms with Gasteiger partial charge in [0.15, 0.2) is 0 Å². The summed E-state index contributed by atoms with van der Waals surface area (Å²) in [4.78, 5) is 23.3. The van der Waals surface area contributed by atoms with E-state index in [2.05, 4.69) is 24.6 Å². The lowest BCUT2D eigenvalue weighted by Crippen LogP contribution is -2.36. The Bertz CT molecular complexity index is 848. The monoisotopic (exact) mass is 435 g/mol. The number of rotatable bonds is 6. The number of fused-ring (bicyclic) bond motifs is 1. The van der Waals surface area contributed by atoms with Gasteiger partial charge in [0, 0.05) is 49.1 Å². The molecule has 0 unspecified atom stereocenters. The molecule has 1 aliphatic heterocycles. The molecule has 0 amide bonds. The van der Waals surface area contributed by atoms with Crippen LogP contribution in [0.1, 0.15) is 44.1 Å². The van der Waals surface area contributed by atoms with Gasteiger partial charge in [0.05, 0.1) is 12.7 Å². The highest BCUT2D eigenvalue weighted by Gasteiger charge is 2.20. The summed E-state index contributed by atoms with van der Waals surface area (Å²) in [5.74, 6) is 1.57. The number of aromatic amines is 1. The number of aromatic nitrogens is 3. The summed E-state index contributed by atoms with van der Waals surface area (Å²) < 4.78 is 7.47. The molecule has 1 saturated heterocycles. The number of hydrogen-bond donors (Lipinski definition) is 3. The minimum Gasteiger partial charge on any atom is -0.393 e. The Labute approximate surface area is 182 Å². The van der Waals surface area contributed by atoms with Crippen molar-refractivity contribution in [2.45, 2.75) is 57.6 Å². The Morgan fingerprint density at radius 1 is 1.30 bits per heavy atom. The van der Waals surface area contributed by atoms with Crippen molar-refractivity contribution in [1.82, 2.24) is 19.3 Å². The number of aryl methyl sites for hydroxylation is 1. The molecular formula is C21H33N5O3S. The Hall–Kier alpha value is -1.68. The van der Waals surface area contributed by atoms with Crippen LogP contribution in [0.15, 0.2) is 17.1 Å². The zero-order valence-electron chi connectivity index (χ0n) is 17.9. The molecule has 4 rings (SSSR count). The van der Waals surface area contributed by atoms with Gasteiger partial charge in [-0.3, -0.25) is 9.10 Å². The summed E-state index contributed by atoms with van der Waals surface area (Å²) in [6.07, 6.45) is 8.45. The molecule has 0 bridgehead atoms. The number of aliphatic hydroxyl groups is 1. The van der Waals surface area contributed by atoms with E-state index in [9.17, 15) is 4.79 Å². The van der Waals surface area contributed by atoms with E-state index in [1.807, 2.05) is 18.0 Å². The van der Waals surface area contributed by atoms with Gasteiger partial charge in [0.1, 0.15) is 5.65 Å². The van der Waals surface area contributed by atoms with Crippen LogP contribution in [-0.4, -0.2) is 69.1 Å². The van der Waals surface area contributed by atoms with E-state index in [-0.39, 0.29) is 11.7 Å². The molecular weight excluding hydrogens is 402 g/mol. The third kappa shape index (κ3) is 6.94. The molecule has 2 aromatic rings. The average molecular weight is 436 g/mol. The van der Waals surface area contributed by atoms with Crippen LogP contribution >= 0.6 is 11.9 Å². The molecule has 0 radical (unpaired) electrons. The number of pyridine rings is 1. The molecule has 166 valence electrons. The van der Waals surface area contributed by atoms with Crippen molar-refractivity contribution in [1.29, 1.82) is 0 Å². The number of piperidine rings is 1. The van der Waals surface area contributed by atoms with Crippen LogP contribution in [0.25, 0.3) is 11.0 Å². The van der Waals surface area contributed by atoms with Crippen LogP contribution in [0, 0.1) is 6.92 Å². The number of anilines is 1. The van der Waals surface area contributed by atoms with Crippen molar-refractivity contribution < 1.29 is 9.84 Å². The van der Waals surface area contributed by atoms with Gasteiger partial charge < -0.3 is 20.1 Å². The van der Waals surface area contributed by atoms with Gasteiger partial charge in [-0.1, -0.05) is 24.8 Å². The molecule has 8 nitrogen and oxygen atoms in total. The Kier molecular flexibility index (Phi) is 8.92. The summed E-state index contributed by atoms with van der Waals surface area (Å²) in [7, 11) is 1.73. The van der Waals surface area contributed by atoms with Crippen molar-refractivity contribution in [2.75, 3.05) is 37.9 Å². The highest BCUT2D eigenvalue weighted by atomic mass is 32.2. The largest absolute Gasteiger partial charge is 0.393 e. The molecule has 0 spiro atoms. The molecule has 9 heteroatoms. The van der Waals surface area contributed by atoms with E-state index >= 15 is 0 Å². The SMILES string of the molecule is COCCSN1CCC(Nc2ncc3cc(C)c(=O)[nH]c3n2)CC1.OC1CCCC1. The Balaban J connectivity index is 0.000000367. The maximum atomic E-state index is 11.7. The first-order chi connectivity index (χ1) is 14.5. The van der Waals surface area contributed by atoms with E-state index < -0.39 is 0 Å². The van der Waals surface area contributed by atoms with E-state index in [0.717, 1.165) is 56.5 Å². The first kappa shape index (κ1) is 23.0. The number of nitrogens with zero attached hydrogens (tertiary/aromatic N) is 3. The molecule has 3 N–H and O–H groups in total. The number of methoxy groups -OCH3 is 1. The van der Waals surface area contributed by atoms with Gasteiger partial charge >= 0.3 is 0 Å². The normalized spacial score (nSPS) is 18.4. The van der Waals surface area contributed by atoms with Crippen molar-refractivity contribution in [3.8, 4) is 0 Å². The third-order valence-corrected chi connectivity index (χ3v) is 6.53. The van der Waals surface area contributed by atoms with E-state index in [1.165, 1.54) is 12.8 Å². The third-order valence-electron chi connectivity index (χ3n) is 5.45. The second-order valence-corrected chi connectivity index (χ2v) is 9.07. The maximum Gasteiger partial charge on any atom is 0.252 e. The standard InChI is InChI=1S/C16H23N5O2S.C5H10O/c1-11-9-12-10-17-16(20-14(12)19-15(11)22)18-13-3-5-21(6-4-13)24-8-7-23-2;6-5-3-1-2-4-5/h9-10,13H,3-8H2,1-2H3,(H2,17,18,19,20,22);5-6H,1-4H2. The van der Waals surface area contributed by atoms with Crippen molar-refractivity contribution in [3.63, 3.8) is 0 Å². The lowest BCUT2D eigenvalue weighted by Gasteiger charge is -2.31. The number of ether oxygens (including phenoxy) is 1. The summed E-state index contributed by atoms with van der Waals surface area (Å²) in [5.41, 5.74) is 1.15. The predicted octanol–water partition coefficient (Wildman–Crippen LogP) is 2.72. The fourth-order valence-electron chi connectivity index (χ4n) is 3.64. The molecule has 3 heterocycles. The quantitative estimate of drug-likeness (QED) is 0.470. The number of aliphatic hydroxyl groups excluding tert-OH is 1. The van der Waals surface area contributed by atoms with Crippen LogP contribution in [0.5, 0.6) is 0 Å².